The lowest BCUT2D eigenvalue weighted by molar-refractivity contribution is -0.130. The van der Waals surface area contributed by atoms with E-state index in [1.165, 1.54) is 25.7 Å². The zero-order valence-corrected chi connectivity index (χ0v) is 10.2. The Morgan fingerprint density at radius 3 is 2.38 bits per heavy atom. The molecule has 2 rings (SSSR count). The second kappa shape index (κ2) is 5.67. The summed E-state index contributed by atoms with van der Waals surface area (Å²) in [6, 6.07) is 0.422. The molecule has 92 valence electrons. The summed E-state index contributed by atoms with van der Waals surface area (Å²) in [7, 11) is 0. The maximum Gasteiger partial charge on any atom is 0.222 e. The number of hydrogen-bond donors (Lipinski definition) is 1. The fraction of sp³-hybridized carbons (Fsp3) is 0.923. The van der Waals surface area contributed by atoms with Crippen molar-refractivity contribution in [1.29, 1.82) is 0 Å². The van der Waals surface area contributed by atoms with E-state index in [0.29, 0.717) is 11.9 Å². The van der Waals surface area contributed by atoms with Crippen molar-refractivity contribution in [3.8, 4) is 0 Å². The Morgan fingerprint density at radius 2 is 1.75 bits per heavy atom. The van der Waals surface area contributed by atoms with Gasteiger partial charge in [-0.15, -0.1) is 0 Å². The molecule has 0 bridgehead atoms. The van der Waals surface area contributed by atoms with Gasteiger partial charge in [0, 0.05) is 25.6 Å². The Bertz CT molecular complexity index is 228. The lowest BCUT2D eigenvalue weighted by Gasteiger charge is -2.26. The lowest BCUT2D eigenvalue weighted by Crippen LogP contribution is -2.29. The molecule has 1 aliphatic heterocycles. The molecule has 0 aromatic rings. The first-order chi connectivity index (χ1) is 7.75. The Morgan fingerprint density at radius 1 is 1.12 bits per heavy atom. The van der Waals surface area contributed by atoms with Gasteiger partial charge in [0.25, 0.3) is 0 Å². The van der Waals surface area contributed by atoms with Gasteiger partial charge in [0.1, 0.15) is 0 Å². The van der Waals surface area contributed by atoms with E-state index in [1.54, 1.807) is 0 Å². The second-order valence-corrected chi connectivity index (χ2v) is 5.41. The highest BCUT2D eigenvalue weighted by Crippen LogP contribution is 2.27. The highest BCUT2D eigenvalue weighted by atomic mass is 16.2. The molecule has 1 heterocycles. The van der Waals surface area contributed by atoms with Gasteiger partial charge in [-0.05, 0) is 50.9 Å². The Kier molecular flexibility index (Phi) is 4.22. The number of nitrogens with two attached hydrogens (primary N) is 1. The predicted octanol–water partition coefficient (Wildman–Crippen LogP) is 1.91. The van der Waals surface area contributed by atoms with Crippen molar-refractivity contribution in [1.82, 2.24) is 4.90 Å². The molecule has 1 saturated carbocycles. The number of hydrogen-bond acceptors (Lipinski definition) is 2. The van der Waals surface area contributed by atoms with Crippen molar-refractivity contribution in [2.75, 3.05) is 13.1 Å². The third kappa shape index (κ3) is 3.21. The van der Waals surface area contributed by atoms with Gasteiger partial charge in [-0.2, -0.15) is 0 Å². The van der Waals surface area contributed by atoms with Gasteiger partial charge in [0.15, 0.2) is 0 Å². The van der Waals surface area contributed by atoms with Crippen molar-refractivity contribution in [3.05, 3.63) is 0 Å². The highest BCUT2D eigenvalue weighted by Gasteiger charge is 2.22. The summed E-state index contributed by atoms with van der Waals surface area (Å²) in [5.74, 6) is 1.14. The summed E-state index contributed by atoms with van der Waals surface area (Å²) in [6.07, 6.45) is 9.02. The molecule has 1 saturated heterocycles. The van der Waals surface area contributed by atoms with E-state index in [9.17, 15) is 4.79 Å². The summed E-state index contributed by atoms with van der Waals surface area (Å²) < 4.78 is 0. The maximum atomic E-state index is 11.9. The van der Waals surface area contributed by atoms with E-state index < -0.39 is 0 Å². The SMILES string of the molecule is NC1CCC(CCC(=O)N2CCCC2)CC1. The summed E-state index contributed by atoms with van der Waals surface area (Å²) in [6.45, 7) is 1.99. The van der Waals surface area contributed by atoms with Crippen molar-refractivity contribution in [2.45, 2.75) is 57.4 Å². The summed E-state index contributed by atoms with van der Waals surface area (Å²) in [5, 5.41) is 0. The first-order valence-corrected chi connectivity index (χ1v) is 6.79. The molecule has 2 fully saturated rings. The van der Waals surface area contributed by atoms with E-state index in [4.69, 9.17) is 5.73 Å². The quantitative estimate of drug-likeness (QED) is 0.796. The van der Waals surface area contributed by atoms with Gasteiger partial charge >= 0.3 is 0 Å². The van der Waals surface area contributed by atoms with Crippen LogP contribution in [0.2, 0.25) is 0 Å². The molecular weight excluding hydrogens is 200 g/mol. The van der Waals surface area contributed by atoms with Crippen LogP contribution in [0.15, 0.2) is 0 Å². The van der Waals surface area contributed by atoms with Crippen molar-refractivity contribution in [3.63, 3.8) is 0 Å². The van der Waals surface area contributed by atoms with Crippen LogP contribution >= 0.6 is 0 Å². The van der Waals surface area contributed by atoms with Gasteiger partial charge in [0.05, 0.1) is 0 Å². The Hall–Kier alpha value is -0.570. The van der Waals surface area contributed by atoms with E-state index in [-0.39, 0.29) is 0 Å². The molecule has 1 amide bonds. The lowest BCUT2D eigenvalue weighted by atomic mass is 9.84. The molecular formula is C13H24N2O. The van der Waals surface area contributed by atoms with Crippen LogP contribution in [0.25, 0.3) is 0 Å². The second-order valence-electron chi connectivity index (χ2n) is 5.41. The highest BCUT2D eigenvalue weighted by molar-refractivity contribution is 5.76. The Labute approximate surface area is 98.4 Å². The van der Waals surface area contributed by atoms with Crippen LogP contribution in [0.1, 0.15) is 51.4 Å². The van der Waals surface area contributed by atoms with Gasteiger partial charge in [-0.1, -0.05) is 0 Å². The first-order valence-electron chi connectivity index (χ1n) is 6.79. The molecule has 0 aromatic heterocycles. The van der Waals surface area contributed by atoms with E-state index in [2.05, 4.69) is 0 Å². The maximum absolute atomic E-state index is 11.9. The summed E-state index contributed by atoms with van der Waals surface area (Å²) >= 11 is 0. The molecule has 2 N–H and O–H groups in total. The minimum atomic E-state index is 0.382. The Balaban J connectivity index is 1.65. The monoisotopic (exact) mass is 224 g/mol. The van der Waals surface area contributed by atoms with Crippen molar-refractivity contribution < 1.29 is 4.79 Å². The van der Waals surface area contributed by atoms with Crippen LogP contribution in [0.5, 0.6) is 0 Å². The average Bonchev–Trinajstić information content (AvgIpc) is 2.81. The third-order valence-corrected chi connectivity index (χ3v) is 4.12. The molecule has 3 nitrogen and oxygen atoms in total. The van der Waals surface area contributed by atoms with Gasteiger partial charge in [-0.3, -0.25) is 4.79 Å². The number of carbonyl (C=O) groups is 1. The van der Waals surface area contributed by atoms with Crippen molar-refractivity contribution >= 4 is 5.91 Å². The normalized spacial score (nSPS) is 30.7. The van der Waals surface area contributed by atoms with Gasteiger partial charge < -0.3 is 10.6 Å². The number of amides is 1. The van der Waals surface area contributed by atoms with E-state index >= 15 is 0 Å². The zero-order chi connectivity index (χ0) is 11.4. The van der Waals surface area contributed by atoms with Crippen LogP contribution in [-0.2, 0) is 4.79 Å². The largest absolute Gasteiger partial charge is 0.343 e. The van der Waals surface area contributed by atoms with Crippen molar-refractivity contribution in [2.24, 2.45) is 11.7 Å². The number of carbonyl (C=O) groups excluding carboxylic acids is 1. The molecule has 0 radical (unpaired) electrons. The molecule has 3 heteroatoms. The van der Waals surface area contributed by atoms with E-state index in [1.807, 2.05) is 4.90 Å². The average molecular weight is 224 g/mol. The third-order valence-electron chi connectivity index (χ3n) is 4.12. The summed E-state index contributed by atoms with van der Waals surface area (Å²) in [5.41, 5.74) is 5.88. The van der Waals surface area contributed by atoms with Crippen LogP contribution < -0.4 is 5.73 Å². The minimum absolute atomic E-state index is 0.382. The molecule has 0 spiro atoms. The topological polar surface area (TPSA) is 46.3 Å². The molecule has 0 aromatic carbocycles. The van der Waals surface area contributed by atoms with Gasteiger partial charge in [-0.25, -0.2) is 0 Å². The molecule has 1 aliphatic carbocycles. The molecule has 0 atom stereocenters. The van der Waals surface area contributed by atoms with Gasteiger partial charge in [0.2, 0.25) is 5.91 Å². The van der Waals surface area contributed by atoms with E-state index in [0.717, 1.165) is 44.7 Å². The zero-order valence-electron chi connectivity index (χ0n) is 10.2. The van der Waals surface area contributed by atoms with Crippen LogP contribution in [0.3, 0.4) is 0 Å². The fourth-order valence-corrected chi connectivity index (χ4v) is 2.93. The molecule has 16 heavy (non-hydrogen) atoms. The molecule has 0 unspecified atom stereocenters. The van der Waals surface area contributed by atoms with Crippen LogP contribution in [0.4, 0.5) is 0 Å². The number of likely N-dealkylation sites (tertiary alicyclic amines) is 1. The smallest absolute Gasteiger partial charge is 0.222 e. The minimum Gasteiger partial charge on any atom is -0.343 e. The van der Waals surface area contributed by atoms with Crippen LogP contribution in [0, 0.1) is 5.92 Å². The first kappa shape index (κ1) is 11.9. The number of rotatable bonds is 3. The predicted molar refractivity (Wildman–Crippen MR) is 65.0 cm³/mol. The standard InChI is InChI=1S/C13H24N2O/c14-12-6-3-11(4-7-12)5-8-13(16)15-9-1-2-10-15/h11-12H,1-10,14H2. The number of nitrogens with zero attached hydrogens (tertiary/aromatic N) is 1. The van der Waals surface area contributed by atoms with Crippen LogP contribution in [-0.4, -0.2) is 29.9 Å². The summed E-state index contributed by atoms with van der Waals surface area (Å²) in [4.78, 5) is 13.9. The molecule has 2 aliphatic rings. The fourth-order valence-electron chi connectivity index (χ4n) is 2.93.